The number of halogens is 1. The van der Waals surface area contributed by atoms with Crippen molar-refractivity contribution in [1.82, 2.24) is 10.6 Å². The van der Waals surface area contributed by atoms with E-state index in [0.717, 1.165) is 34.7 Å². The second kappa shape index (κ2) is 12.0. The van der Waals surface area contributed by atoms with E-state index in [1.165, 1.54) is 54.6 Å². The summed E-state index contributed by atoms with van der Waals surface area (Å²) in [6.07, 6.45) is 11.0. The first kappa shape index (κ1) is 24.2. The van der Waals surface area contributed by atoms with Crippen LogP contribution in [0.3, 0.4) is 0 Å². The van der Waals surface area contributed by atoms with Crippen molar-refractivity contribution in [3.63, 3.8) is 0 Å². The zero-order chi connectivity index (χ0) is 22.9. The summed E-state index contributed by atoms with van der Waals surface area (Å²) in [5, 5.41) is 8.13. The van der Waals surface area contributed by atoms with E-state index in [4.69, 9.17) is 11.6 Å². The zero-order valence-electron chi connectivity index (χ0n) is 19.8. The number of aryl methyl sites for hydroxylation is 1. The minimum Gasteiger partial charge on any atom is -0.378 e. The molecule has 2 aliphatic rings. The monoisotopic (exact) mass is 448 g/mol. The van der Waals surface area contributed by atoms with Crippen molar-refractivity contribution in [1.29, 1.82) is 0 Å². The van der Waals surface area contributed by atoms with Gasteiger partial charge in [-0.25, -0.2) is 0 Å². The second-order valence-corrected chi connectivity index (χ2v) is 9.07. The lowest BCUT2D eigenvalue weighted by Crippen LogP contribution is -2.30. The fourth-order valence-corrected chi connectivity index (χ4v) is 4.62. The SMILES string of the molecule is C=C(NC1=CC(c2ccccc2Cl)NC2=C1CCCC2)c1ccccc1C.CCCCC. The predicted octanol–water partition coefficient (Wildman–Crippen LogP) is 8.46. The minimum absolute atomic E-state index is 0.0720. The molecule has 1 unspecified atom stereocenters. The maximum atomic E-state index is 6.48. The van der Waals surface area contributed by atoms with Gasteiger partial charge in [-0.1, -0.05) is 93.8 Å². The van der Waals surface area contributed by atoms with Crippen molar-refractivity contribution in [3.8, 4) is 0 Å². The van der Waals surface area contributed by atoms with Crippen molar-refractivity contribution in [2.24, 2.45) is 0 Å². The van der Waals surface area contributed by atoms with Gasteiger partial charge in [0.1, 0.15) is 0 Å². The molecule has 0 fully saturated rings. The van der Waals surface area contributed by atoms with E-state index in [1.54, 1.807) is 0 Å². The third kappa shape index (κ3) is 6.07. The van der Waals surface area contributed by atoms with Crippen LogP contribution in [0.2, 0.25) is 5.02 Å². The first-order chi connectivity index (χ1) is 15.5. The molecule has 0 amide bonds. The molecule has 0 saturated carbocycles. The Balaban J connectivity index is 0.000000523. The summed E-state index contributed by atoms with van der Waals surface area (Å²) in [4.78, 5) is 0. The number of allylic oxidation sites excluding steroid dienone is 2. The lowest BCUT2D eigenvalue weighted by Gasteiger charge is -2.33. The quantitative estimate of drug-likeness (QED) is 0.463. The van der Waals surface area contributed by atoms with Gasteiger partial charge >= 0.3 is 0 Å². The Hall–Kier alpha value is -2.45. The van der Waals surface area contributed by atoms with Gasteiger partial charge in [0, 0.05) is 27.7 Å². The predicted molar refractivity (Wildman–Crippen MR) is 139 cm³/mol. The molecule has 0 aromatic heterocycles. The topological polar surface area (TPSA) is 24.1 Å². The van der Waals surface area contributed by atoms with E-state index in [0.29, 0.717) is 0 Å². The maximum absolute atomic E-state index is 6.48. The summed E-state index contributed by atoms with van der Waals surface area (Å²) in [5.74, 6) is 0. The highest BCUT2D eigenvalue weighted by atomic mass is 35.5. The Bertz CT molecular complexity index is 984. The molecule has 0 bridgehead atoms. The van der Waals surface area contributed by atoms with Gasteiger partial charge < -0.3 is 10.6 Å². The number of rotatable bonds is 6. The van der Waals surface area contributed by atoms with Crippen LogP contribution in [0, 0.1) is 6.92 Å². The smallest absolute Gasteiger partial charge is 0.0732 e. The number of dihydropyridines is 1. The number of nitrogens with one attached hydrogen (secondary N) is 2. The molecule has 3 heteroatoms. The molecule has 0 spiro atoms. The van der Waals surface area contributed by atoms with E-state index in [9.17, 15) is 0 Å². The van der Waals surface area contributed by atoms with Gasteiger partial charge in [-0.3, -0.25) is 0 Å². The first-order valence-corrected chi connectivity index (χ1v) is 12.4. The van der Waals surface area contributed by atoms with Crippen LogP contribution >= 0.6 is 11.6 Å². The number of hydrogen-bond donors (Lipinski definition) is 2. The molecule has 2 aromatic rings. The first-order valence-electron chi connectivity index (χ1n) is 12.0. The summed E-state index contributed by atoms with van der Waals surface area (Å²) in [5.41, 5.74) is 8.33. The van der Waals surface area contributed by atoms with Crippen LogP contribution in [0.1, 0.15) is 81.5 Å². The summed E-state index contributed by atoms with van der Waals surface area (Å²) in [7, 11) is 0. The molecular formula is C29H37ClN2. The summed E-state index contributed by atoms with van der Waals surface area (Å²) in [6.45, 7) is 10.9. The van der Waals surface area contributed by atoms with Crippen molar-refractivity contribution in [2.75, 3.05) is 0 Å². The minimum atomic E-state index is 0.0720. The largest absolute Gasteiger partial charge is 0.378 e. The molecule has 0 radical (unpaired) electrons. The summed E-state index contributed by atoms with van der Waals surface area (Å²) in [6, 6.07) is 16.5. The zero-order valence-corrected chi connectivity index (χ0v) is 20.6. The number of benzene rings is 2. The highest BCUT2D eigenvalue weighted by molar-refractivity contribution is 6.31. The van der Waals surface area contributed by atoms with Crippen LogP contribution in [-0.4, -0.2) is 0 Å². The Morgan fingerprint density at radius 3 is 2.41 bits per heavy atom. The van der Waals surface area contributed by atoms with E-state index in [1.807, 2.05) is 18.2 Å². The van der Waals surface area contributed by atoms with Crippen LogP contribution in [0.15, 0.2) is 78.2 Å². The van der Waals surface area contributed by atoms with Crippen LogP contribution in [-0.2, 0) is 0 Å². The Kier molecular flexibility index (Phi) is 9.05. The Morgan fingerprint density at radius 2 is 1.72 bits per heavy atom. The Morgan fingerprint density at radius 1 is 1.03 bits per heavy atom. The molecule has 170 valence electrons. The van der Waals surface area contributed by atoms with Crippen molar-refractivity contribution in [3.05, 3.63) is 99.9 Å². The third-order valence-corrected chi connectivity index (χ3v) is 6.50. The molecule has 1 atom stereocenters. The lowest BCUT2D eigenvalue weighted by atomic mass is 9.88. The van der Waals surface area contributed by atoms with E-state index < -0.39 is 0 Å². The molecule has 2 nitrogen and oxygen atoms in total. The fraction of sp³-hybridized carbons (Fsp3) is 0.379. The molecule has 1 aliphatic heterocycles. The van der Waals surface area contributed by atoms with Crippen LogP contribution in [0.4, 0.5) is 0 Å². The van der Waals surface area contributed by atoms with Gasteiger partial charge in [0.05, 0.1) is 6.04 Å². The summed E-state index contributed by atoms with van der Waals surface area (Å²) >= 11 is 6.48. The van der Waals surface area contributed by atoms with Gasteiger partial charge in [-0.2, -0.15) is 0 Å². The van der Waals surface area contributed by atoms with E-state index >= 15 is 0 Å². The highest BCUT2D eigenvalue weighted by Crippen LogP contribution is 2.37. The van der Waals surface area contributed by atoms with Gasteiger partial charge in [-0.15, -0.1) is 0 Å². The number of hydrogen-bond acceptors (Lipinski definition) is 2. The standard InChI is InChI=1S/C24H25ClN2.C5H12/c1-16-9-3-4-10-18(16)17(2)26-24-15-23(19-11-5-7-13-21(19)25)27-22-14-8-6-12-20(22)24;1-3-5-4-2/h3-5,7,9-11,13,15,23,26-27H,2,6,8,12,14H2,1H3;3-5H2,1-2H3. The number of unbranched alkanes of at least 4 members (excludes halogenated alkanes) is 2. The van der Waals surface area contributed by atoms with Gasteiger partial charge in [0.15, 0.2) is 0 Å². The van der Waals surface area contributed by atoms with Gasteiger partial charge in [-0.05, 0) is 61.4 Å². The van der Waals surface area contributed by atoms with Gasteiger partial charge in [0.2, 0.25) is 0 Å². The molecule has 32 heavy (non-hydrogen) atoms. The average Bonchev–Trinajstić information content (AvgIpc) is 2.80. The molecule has 0 saturated heterocycles. The second-order valence-electron chi connectivity index (χ2n) is 8.66. The van der Waals surface area contributed by atoms with Gasteiger partial charge in [0.25, 0.3) is 0 Å². The molecule has 4 rings (SSSR count). The van der Waals surface area contributed by atoms with Crippen LogP contribution in [0.25, 0.3) is 5.70 Å². The molecule has 2 aromatic carbocycles. The average molecular weight is 449 g/mol. The highest BCUT2D eigenvalue weighted by Gasteiger charge is 2.26. The van der Waals surface area contributed by atoms with Crippen LogP contribution < -0.4 is 10.6 Å². The molecular weight excluding hydrogens is 412 g/mol. The molecule has 1 heterocycles. The third-order valence-electron chi connectivity index (χ3n) is 6.16. The van der Waals surface area contributed by atoms with Crippen LogP contribution in [0.5, 0.6) is 0 Å². The molecule has 2 N–H and O–H groups in total. The van der Waals surface area contributed by atoms with Crippen molar-refractivity contribution >= 4 is 17.3 Å². The molecule has 1 aliphatic carbocycles. The fourth-order valence-electron chi connectivity index (χ4n) is 4.37. The normalized spacial score (nSPS) is 17.4. The lowest BCUT2D eigenvalue weighted by molar-refractivity contribution is 0.570. The van der Waals surface area contributed by atoms with Crippen molar-refractivity contribution < 1.29 is 0 Å². The van der Waals surface area contributed by atoms with Crippen molar-refractivity contribution in [2.45, 2.75) is 71.8 Å². The summed E-state index contributed by atoms with van der Waals surface area (Å²) < 4.78 is 0. The van der Waals surface area contributed by atoms with E-state index in [2.05, 4.69) is 74.4 Å². The van der Waals surface area contributed by atoms with E-state index in [-0.39, 0.29) is 6.04 Å². The maximum Gasteiger partial charge on any atom is 0.0732 e. The Labute approximate surface area is 199 Å².